The van der Waals surface area contributed by atoms with Crippen molar-refractivity contribution < 1.29 is 23.5 Å². The van der Waals surface area contributed by atoms with E-state index in [4.69, 9.17) is 9.47 Å². The summed E-state index contributed by atoms with van der Waals surface area (Å²) < 4.78 is 24.1. The van der Waals surface area contributed by atoms with Crippen molar-refractivity contribution in [2.45, 2.75) is 19.4 Å². The van der Waals surface area contributed by atoms with Crippen LogP contribution in [0.15, 0.2) is 48.5 Å². The maximum absolute atomic E-state index is 13.6. The molecule has 0 spiro atoms. The summed E-state index contributed by atoms with van der Waals surface area (Å²) in [5.41, 5.74) is 0.806. The maximum Gasteiger partial charge on any atom is 0.224 e. The zero-order valence-corrected chi connectivity index (χ0v) is 16.3. The summed E-state index contributed by atoms with van der Waals surface area (Å²) in [5.74, 6) is 0.0179. The monoisotopic (exact) mass is 388 g/mol. The third-order valence-corrected chi connectivity index (χ3v) is 4.22. The van der Waals surface area contributed by atoms with Crippen LogP contribution in [0.2, 0.25) is 0 Å². The number of benzene rings is 2. The van der Waals surface area contributed by atoms with Crippen molar-refractivity contribution in [1.29, 1.82) is 0 Å². The molecule has 1 unspecified atom stereocenters. The number of carbonyl (C=O) groups is 2. The number of rotatable bonds is 9. The van der Waals surface area contributed by atoms with Crippen molar-refractivity contribution in [3.63, 3.8) is 0 Å². The number of methoxy groups -OCH3 is 1. The fourth-order valence-corrected chi connectivity index (χ4v) is 2.64. The standard InChI is InChI=1S/C21H25FN2O4/c1-15(25)23-19(16-8-10-17(27-3)11-9-16)14-21(26)24(2)12-13-28-20-7-5-4-6-18(20)22/h4-11,19H,12-14H2,1-3H3,(H,23,25). The minimum absolute atomic E-state index is 0.0993. The van der Waals surface area contributed by atoms with Crippen LogP contribution < -0.4 is 14.8 Å². The summed E-state index contributed by atoms with van der Waals surface area (Å²) in [7, 11) is 3.22. The fourth-order valence-electron chi connectivity index (χ4n) is 2.64. The second-order valence-electron chi connectivity index (χ2n) is 6.32. The molecule has 28 heavy (non-hydrogen) atoms. The molecule has 0 saturated carbocycles. The molecular weight excluding hydrogens is 363 g/mol. The Labute approximate surface area is 164 Å². The SMILES string of the molecule is COc1ccc(C(CC(=O)N(C)CCOc2ccccc2F)NC(C)=O)cc1. The molecule has 0 aliphatic carbocycles. The number of amides is 2. The van der Waals surface area contributed by atoms with E-state index in [2.05, 4.69) is 5.32 Å². The van der Waals surface area contributed by atoms with Crippen LogP contribution in [0.4, 0.5) is 4.39 Å². The Balaban J connectivity index is 1.93. The number of carbonyl (C=O) groups excluding carboxylic acids is 2. The molecule has 0 bridgehead atoms. The number of nitrogens with one attached hydrogen (secondary N) is 1. The molecule has 0 aliphatic rings. The molecule has 2 amide bonds. The summed E-state index contributed by atoms with van der Waals surface area (Å²) >= 11 is 0. The van der Waals surface area contributed by atoms with Gasteiger partial charge in [0, 0.05) is 14.0 Å². The molecule has 0 aromatic heterocycles. The van der Waals surface area contributed by atoms with Crippen LogP contribution in [0.3, 0.4) is 0 Å². The molecule has 0 saturated heterocycles. The van der Waals surface area contributed by atoms with Crippen LogP contribution >= 0.6 is 0 Å². The highest BCUT2D eigenvalue weighted by Gasteiger charge is 2.20. The number of hydrogen-bond donors (Lipinski definition) is 1. The van der Waals surface area contributed by atoms with Crippen molar-refractivity contribution in [1.82, 2.24) is 10.2 Å². The Bertz CT molecular complexity index is 795. The Morgan fingerprint density at radius 3 is 2.43 bits per heavy atom. The van der Waals surface area contributed by atoms with E-state index in [0.29, 0.717) is 12.3 Å². The third kappa shape index (κ3) is 6.26. The lowest BCUT2D eigenvalue weighted by atomic mass is 10.0. The number of halogens is 1. The van der Waals surface area contributed by atoms with Gasteiger partial charge in [0.15, 0.2) is 11.6 Å². The molecule has 0 heterocycles. The highest BCUT2D eigenvalue weighted by Crippen LogP contribution is 2.21. The van der Waals surface area contributed by atoms with Crippen LogP contribution in [0.5, 0.6) is 11.5 Å². The zero-order valence-electron chi connectivity index (χ0n) is 16.3. The normalized spacial score (nSPS) is 11.4. The van der Waals surface area contributed by atoms with Crippen LogP contribution in [-0.4, -0.2) is 44.0 Å². The molecule has 7 heteroatoms. The quantitative estimate of drug-likeness (QED) is 0.717. The third-order valence-electron chi connectivity index (χ3n) is 4.22. The van der Waals surface area contributed by atoms with Crippen LogP contribution in [-0.2, 0) is 9.59 Å². The summed E-state index contributed by atoms with van der Waals surface area (Å²) in [6, 6.07) is 12.8. The van der Waals surface area contributed by atoms with Gasteiger partial charge in [-0.3, -0.25) is 9.59 Å². The Morgan fingerprint density at radius 1 is 1.14 bits per heavy atom. The molecule has 2 rings (SSSR count). The topological polar surface area (TPSA) is 67.9 Å². The second-order valence-corrected chi connectivity index (χ2v) is 6.32. The minimum Gasteiger partial charge on any atom is -0.497 e. The number of likely N-dealkylation sites (N-methyl/N-ethyl adjacent to an activating group) is 1. The maximum atomic E-state index is 13.6. The highest BCUT2D eigenvalue weighted by atomic mass is 19.1. The first-order valence-corrected chi connectivity index (χ1v) is 8.93. The van der Waals surface area contributed by atoms with Gasteiger partial charge in [0.2, 0.25) is 11.8 Å². The number of nitrogens with zero attached hydrogens (tertiary/aromatic N) is 1. The molecule has 0 fully saturated rings. The Kier molecular flexibility index (Phi) is 7.80. The molecule has 1 atom stereocenters. The lowest BCUT2D eigenvalue weighted by molar-refractivity contribution is -0.131. The Morgan fingerprint density at radius 2 is 1.82 bits per heavy atom. The number of para-hydroxylation sites is 1. The highest BCUT2D eigenvalue weighted by molar-refractivity contribution is 5.79. The first kappa shape index (κ1) is 21.2. The van der Waals surface area contributed by atoms with Crippen molar-refractivity contribution in [2.24, 2.45) is 0 Å². The smallest absolute Gasteiger partial charge is 0.224 e. The molecule has 0 radical (unpaired) electrons. The summed E-state index contributed by atoms with van der Waals surface area (Å²) in [6.07, 6.45) is 0.0993. The average Bonchev–Trinajstić information content (AvgIpc) is 2.68. The molecule has 0 aliphatic heterocycles. The number of hydrogen-bond acceptors (Lipinski definition) is 4. The summed E-state index contributed by atoms with van der Waals surface area (Å²) in [6.45, 7) is 1.87. The largest absolute Gasteiger partial charge is 0.497 e. The Hall–Kier alpha value is -3.09. The lowest BCUT2D eigenvalue weighted by Crippen LogP contribution is -2.35. The fraction of sp³-hybridized carbons (Fsp3) is 0.333. The predicted octanol–water partition coefficient (Wildman–Crippen LogP) is 2.94. The molecule has 1 N–H and O–H groups in total. The van der Waals surface area contributed by atoms with Crippen LogP contribution in [0, 0.1) is 5.82 Å². The van der Waals surface area contributed by atoms with Gasteiger partial charge in [-0.25, -0.2) is 4.39 Å². The van der Waals surface area contributed by atoms with Crippen molar-refractivity contribution >= 4 is 11.8 Å². The summed E-state index contributed by atoms with van der Waals surface area (Å²) in [5, 5.41) is 2.80. The van der Waals surface area contributed by atoms with Crippen LogP contribution in [0.1, 0.15) is 24.9 Å². The average molecular weight is 388 g/mol. The number of ether oxygens (including phenoxy) is 2. The summed E-state index contributed by atoms with van der Waals surface area (Å²) in [4.78, 5) is 25.6. The van der Waals surface area contributed by atoms with Gasteiger partial charge >= 0.3 is 0 Å². The van der Waals surface area contributed by atoms with E-state index < -0.39 is 11.9 Å². The van der Waals surface area contributed by atoms with Crippen molar-refractivity contribution in [3.05, 3.63) is 59.9 Å². The first-order valence-electron chi connectivity index (χ1n) is 8.93. The zero-order chi connectivity index (χ0) is 20.5. The predicted molar refractivity (Wildman–Crippen MR) is 104 cm³/mol. The van der Waals surface area contributed by atoms with Crippen molar-refractivity contribution in [3.8, 4) is 11.5 Å². The van der Waals surface area contributed by atoms with E-state index >= 15 is 0 Å². The first-order chi connectivity index (χ1) is 13.4. The van der Waals surface area contributed by atoms with Gasteiger partial charge < -0.3 is 19.7 Å². The minimum atomic E-state index is -0.453. The van der Waals surface area contributed by atoms with E-state index in [0.717, 1.165) is 5.56 Å². The van der Waals surface area contributed by atoms with Crippen LogP contribution in [0.25, 0.3) is 0 Å². The molecule has 2 aromatic carbocycles. The molecular formula is C21H25FN2O4. The van der Waals surface area contributed by atoms with Gasteiger partial charge in [0.05, 0.1) is 26.1 Å². The van der Waals surface area contributed by atoms with E-state index in [9.17, 15) is 14.0 Å². The molecule has 2 aromatic rings. The van der Waals surface area contributed by atoms with E-state index in [1.807, 2.05) is 12.1 Å². The molecule has 6 nitrogen and oxygen atoms in total. The van der Waals surface area contributed by atoms with E-state index in [1.54, 1.807) is 38.4 Å². The lowest BCUT2D eigenvalue weighted by Gasteiger charge is -2.23. The molecule has 150 valence electrons. The van der Waals surface area contributed by atoms with Gasteiger partial charge in [-0.1, -0.05) is 24.3 Å². The van der Waals surface area contributed by atoms with Gasteiger partial charge in [0.25, 0.3) is 0 Å². The second kappa shape index (κ2) is 10.3. The van der Waals surface area contributed by atoms with Gasteiger partial charge in [-0.2, -0.15) is 0 Å². The van der Waals surface area contributed by atoms with Gasteiger partial charge in [0.1, 0.15) is 12.4 Å². The van der Waals surface area contributed by atoms with Crippen molar-refractivity contribution in [2.75, 3.05) is 27.3 Å². The van der Waals surface area contributed by atoms with E-state index in [-0.39, 0.29) is 30.6 Å². The van der Waals surface area contributed by atoms with E-state index in [1.165, 1.54) is 24.0 Å². The van der Waals surface area contributed by atoms with Gasteiger partial charge in [-0.15, -0.1) is 0 Å². The van der Waals surface area contributed by atoms with Gasteiger partial charge in [-0.05, 0) is 29.8 Å².